The number of halogens is 1. The highest BCUT2D eigenvalue weighted by molar-refractivity contribution is 7.98. The summed E-state index contributed by atoms with van der Waals surface area (Å²) < 4.78 is 13.2. The molecule has 0 saturated carbocycles. The fourth-order valence-corrected chi connectivity index (χ4v) is 1.72. The Morgan fingerprint density at radius 3 is 2.85 bits per heavy atom. The maximum atomic E-state index is 13.2. The number of benzene rings is 1. The number of rotatable bonds is 4. The molecular weight excluding hydrogens is 185 g/mol. The third-order valence-corrected chi connectivity index (χ3v) is 2.73. The standard InChI is InChI=1S/C10H14FNS/c1-2-13-7-9-5-8(6-12)3-4-10(9)11/h3-5H,2,6-7,12H2,1H3. The summed E-state index contributed by atoms with van der Waals surface area (Å²) in [6, 6.07) is 5.07. The van der Waals surface area contributed by atoms with E-state index in [1.807, 2.05) is 6.07 Å². The average Bonchev–Trinajstić information content (AvgIpc) is 2.17. The molecule has 1 nitrogen and oxygen atoms in total. The average molecular weight is 199 g/mol. The first-order chi connectivity index (χ1) is 6.27. The summed E-state index contributed by atoms with van der Waals surface area (Å²) in [6.45, 7) is 2.54. The summed E-state index contributed by atoms with van der Waals surface area (Å²) in [7, 11) is 0. The van der Waals surface area contributed by atoms with Crippen LogP contribution in [0.3, 0.4) is 0 Å². The highest BCUT2D eigenvalue weighted by Crippen LogP contribution is 2.16. The van der Waals surface area contributed by atoms with Crippen molar-refractivity contribution in [1.82, 2.24) is 0 Å². The molecule has 0 aliphatic rings. The van der Waals surface area contributed by atoms with Crippen molar-refractivity contribution in [2.75, 3.05) is 5.75 Å². The molecule has 72 valence electrons. The van der Waals surface area contributed by atoms with E-state index >= 15 is 0 Å². The van der Waals surface area contributed by atoms with Gasteiger partial charge in [0.25, 0.3) is 0 Å². The Bertz CT molecular complexity index is 276. The second-order valence-electron chi connectivity index (χ2n) is 2.77. The Morgan fingerprint density at radius 1 is 1.46 bits per heavy atom. The number of nitrogens with two attached hydrogens (primary N) is 1. The molecule has 0 aliphatic carbocycles. The molecule has 0 radical (unpaired) electrons. The number of hydrogen-bond donors (Lipinski definition) is 1. The van der Waals surface area contributed by atoms with Gasteiger partial charge in [-0.1, -0.05) is 19.1 Å². The van der Waals surface area contributed by atoms with E-state index in [1.54, 1.807) is 17.8 Å². The van der Waals surface area contributed by atoms with Crippen LogP contribution in [0.5, 0.6) is 0 Å². The summed E-state index contributed by atoms with van der Waals surface area (Å²) in [4.78, 5) is 0. The second kappa shape index (κ2) is 5.25. The maximum Gasteiger partial charge on any atom is 0.127 e. The van der Waals surface area contributed by atoms with Crippen LogP contribution in [-0.4, -0.2) is 5.75 Å². The van der Waals surface area contributed by atoms with Crippen LogP contribution < -0.4 is 5.73 Å². The van der Waals surface area contributed by atoms with Gasteiger partial charge >= 0.3 is 0 Å². The lowest BCUT2D eigenvalue weighted by Crippen LogP contribution is -1.98. The van der Waals surface area contributed by atoms with E-state index in [-0.39, 0.29) is 5.82 Å². The molecule has 1 rings (SSSR count). The summed E-state index contributed by atoms with van der Waals surface area (Å²) in [6.07, 6.45) is 0. The molecule has 0 aromatic heterocycles. The van der Waals surface area contributed by atoms with Crippen molar-refractivity contribution < 1.29 is 4.39 Å². The highest BCUT2D eigenvalue weighted by atomic mass is 32.2. The zero-order valence-corrected chi connectivity index (χ0v) is 8.53. The van der Waals surface area contributed by atoms with Crippen molar-refractivity contribution in [3.05, 3.63) is 35.1 Å². The third kappa shape index (κ3) is 3.01. The third-order valence-electron chi connectivity index (χ3n) is 1.81. The maximum absolute atomic E-state index is 13.2. The smallest absolute Gasteiger partial charge is 0.127 e. The van der Waals surface area contributed by atoms with Crippen LogP contribution in [0, 0.1) is 5.82 Å². The minimum atomic E-state index is -0.127. The van der Waals surface area contributed by atoms with Gasteiger partial charge in [0.1, 0.15) is 5.82 Å². The molecule has 0 atom stereocenters. The molecule has 0 heterocycles. The topological polar surface area (TPSA) is 26.0 Å². The summed E-state index contributed by atoms with van der Waals surface area (Å²) in [5, 5.41) is 0. The fraction of sp³-hybridized carbons (Fsp3) is 0.400. The molecule has 3 heteroatoms. The van der Waals surface area contributed by atoms with Gasteiger partial charge in [0.2, 0.25) is 0 Å². The molecule has 2 N–H and O–H groups in total. The van der Waals surface area contributed by atoms with Crippen LogP contribution in [0.2, 0.25) is 0 Å². The van der Waals surface area contributed by atoms with E-state index in [0.29, 0.717) is 6.54 Å². The van der Waals surface area contributed by atoms with E-state index in [4.69, 9.17) is 5.73 Å². The first kappa shape index (κ1) is 10.5. The predicted octanol–water partition coefficient (Wildman–Crippen LogP) is 2.54. The summed E-state index contributed by atoms with van der Waals surface area (Å²) >= 11 is 1.71. The van der Waals surface area contributed by atoms with Gasteiger partial charge in [-0.3, -0.25) is 0 Å². The van der Waals surface area contributed by atoms with Gasteiger partial charge in [-0.05, 0) is 22.9 Å². The van der Waals surface area contributed by atoms with Gasteiger partial charge in [-0.25, -0.2) is 4.39 Å². The van der Waals surface area contributed by atoms with Crippen LogP contribution >= 0.6 is 11.8 Å². The second-order valence-corrected chi connectivity index (χ2v) is 4.04. The van der Waals surface area contributed by atoms with Crippen molar-refractivity contribution >= 4 is 11.8 Å². The molecule has 1 aromatic carbocycles. The van der Waals surface area contributed by atoms with Gasteiger partial charge < -0.3 is 5.73 Å². The van der Waals surface area contributed by atoms with E-state index < -0.39 is 0 Å². The van der Waals surface area contributed by atoms with E-state index in [0.717, 1.165) is 22.6 Å². The SMILES string of the molecule is CCSCc1cc(CN)ccc1F. The zero-order chi connectivity index (χ0) is 9.68. The number of hydrogen-bond acceptors (Lipinski definition) is 2. The molecule has 13 heavy (non-hydrogen) atoms. The largest absolute Gasteiger partial charge is 0.326 e. The normalized spacial score (nSPS) is 10.4. The highest BCUT2D eigenvalue weighted by Gasteiger charge is 2.02. The van der Waals surface area contributed by atoms with Crippen molar-refractivity contribution in [2.24, 2.45) is 5.73 Å². The van der Waals surface area contributed by atoms with Crippen molar-refractivity contribution in [1.29, 1.82) is 0 Å². The van der Waals surface area contributed by atoms with E-state index in [9.17, 15) is 4.39 Å². The first-order valence-electron chi connectivity index (χ1n) is 4.33. The first-order valence-corrected chi connectivity index (χ1v) is 5.48. The summed E-state index contributed by atoms with van der Waals surface area (Å²) in [5.74, 6) is 1.61. The van der Waals surface area contributed by atoms with E-state index in [2.05, 4.69) is 6.92 Å². The minimum absolute atomic E-state index is 0.127. The molecule has 1 aromatic rings. The molecule has 0 fully saturated rings. The fourth-order valence-electron chi connectivity index (χ4n) is 1.08. The van der Waals surface area contributed by atoms with Crippen molar-refractivity contribution in [3.8, 4) is 0 Å². The van der Waals surface area contributed by atoms with Crippen LogP contribution in [0.25, 0.3) is 0 Å². The molecule has 0 aliphatic heterocycles. The van der Waals surface area contributed by atoms with Gasteiger partial charge in [-0.2, -0.15) is 11.8 Å². The van der Waals surface area contributed by atoms with Crippen LogP contribution in [0.4, 0.5) is 4.39 Å². The van der Waals surface area contributed by atoms with Crippen LogP contribution in [0.1, 0.15) is 18.1 Å². The van der Waals surface area contributed by atoms with Crippen LogP contribution in [-0.2, 0) is 12.3 Å². The van der Waals surface area contributed by atoms with Gasteiger partial charge in [0.15, 0.2) is 0 Å². The molecule has 0 unspecified atom stereocenters. The quantitative estimate of drug-likeness (QED) is 0.806. The van der Waals surface area contributed by atoms with Crippen LogP contribution in [0.15, 0.2) is 18.2 Å². The van der Waals surface area contributed by atoms with Gasteiger partial charge in [-0.15, -0.1) is 0 Å². The van der Waals surface area contributed by atoms with E-state index in [1.165, 1.54) is 6.07 Å². The molecule has 0 amide bonds. The molecular formula is C10H14FNS. The monoisotopic (exact) mass is 199 g/mol. The summed E-state index contributed by atoms with van der Waals surface area (Å²) in [5.41, 5.74) is 7.22. The lowest BCUT2D eigenvalue weighted by Gasteiger charge is -2.04. The lowest BCUT2D eigenvalue weighted by atomic mass is 10.1. The van der Waals surface area contributed by atoms with Gasteiger partial charge in [0.05, 0.1) is 0 Å². The van der Waals surface area contributed by atoms with Crippen molar-refractivity contribution in [2.45, 2.75) is 19.2 Å². The van der Waals surface area contributed by atoms with Gasteiger partial charge in [0, 0.05) is 12.3 Å². The minimum Gasteiger partial charge on any atom is -0.326 e. The Labute approximate surface area is 82.5 Å². The Hall–Kier alpha value is -0.540. The Balaban J connectivity index is 2.78. The lowest BCUT2D eigenvalue weighted by molar-refractivity contribution is 0.616. The Morgan fingerprint density at radius 2 is 2.23 bits per heavy atom. The Kier molecular flexibility index (Phi) is 4.25. The molecule has 0 spiro atoms. The number of thioether (sulfide) groups is 1. The zero-order valence-electron chi connectivity index (χ0n) is 7.72. The van der Waals surface area contributed by atoms with Crippen molar-refractivity contribution in [3.63, 3.8) is 0 Å². The molecule has 0 saturated heterocycles. The molecule has 0 bridgehead atoms. The predicted molar refractivity (Wildman–Crippen MR) is 56.1 cm³/mol.